The minimum absolute atomic E-state index is 0.168. The topological polar surface area (TPSA) is 98.6 Å². The molecule has 0 fully saturated rings. The summed E-state index contributed by atoms with van der Waals surface area (Å²) in [4.78, 5) is 33.2. The van der Waals surface area contributed by atoms with E-state index in [-0.39, 0.29) is 42.7 Å². The van der Waals surface area contributed by atoms with Crippen LogP contribution in [0.4, 0.5) is 5.82 Å². The highest BCUT2D eigenvalue weighted by Crippen LogP contribution is 2.50. The second-order valence-corrected chi connectivity index (χ2v) is 11.7. The van der Waals surface area contributed by atoms with Gasteiger partial charge in [0.05, 0.1) is 34.6 Å². The van der Waals surface area contributed by atoms with Crippen molar-refractivity contribution in [2.45, 2.75) is 18.7 Å². The summed E-state index contributed by atoms with van der Waals surface area (Å²) < 4.78 is 13.1. The van der Waals surface area contributed by atoms with Gasteiger partial charge in [-0.25, -0.2) is 4.68 Å². The van der Waals surface area contributed by atoms with Crippen LogP contribution in [-0.4, -0.2) is 45.7 Å². The lowest BCUT2D eigenvalue weighted by atomic mass is 9.99. The van der Waals surface area contributed by atoms with Gasteiger partial charge in [0.2, 0.25) is 18.6 Å². The van der Waals surface area contributed by atoms with Gasteiger partial charge in [-0.15, -0.1) is 11.8 Å². The van der Waals surface area contributed by atoms with Crippen LogP contribution in [0.2, 0.25) is 0 Å². The number of aromatic nitrogens is 3. The Balaban J connectivity index is 1.38. The molecule has 1 atom stereocenters. The van der Waals surface area contributed by atoms with E-state index in [9.17, 15) is 9.59 Å². The molecule has 3 aromatic carbocycles. The van der Waals surface area contributed by atoms with Crippen molar-refractivity contribution in [2.24, 2.45) is 0 Å². The van der Waals surface area contributed by atoms with Crippen LogP contribution >= 0.6 is 11.8 Å². The third kappa shape index (κ3) is 5.40. The standard InChI is InChI=1S/C34H29N5O4S/c1-22-10-13-26(14-11-22)39-34-31(32(37-39)23-7-3-2-4-8-23)33(24-12-15-27-28(17-24)43-21-42-27)44-20-30(41)38(34)19-29(40)36-18-25-9-5-6-16-35-25/h2-17,33H,18-21H2,1H3,(H,36,40)/t33-/m1/s1. The van der Waals surface area contributed by atoms with Gasteiger partial charge in [0.25, 0.3) is 0 Å². The molecular formula is C34H29N5O4S. The predicted molar refractivity (Wildman–Crippen MR) is 169 cm³/mol. The molecular weight excluding hydrogens is 574 g/mol. The molecule has 0 spiro atoms. The van der Waals surface area contributed by atoms with Gasteiger partial charge in [-0.05, 0) is 48.9 Å². The third-order valence-electron chi connectivity index (χ3n) is 7.61. The molecule has 1 N–H and O–H groups in total. The molecule has 9 nitrogen and oxygen atoms in total. The fourth-order valence-electron chi connectivity index (χ4n) is 5.43. The van der Waals surface area contributed by atoms with Crippen molar-refractivity contribution in [3.63, 3.8) is 0 Å². The molecule has 0 unspecified atom stereocenters. The molecule has 0 saturated carbocycles. The molecule has 2 aromatic heterocycles. The number of thioether (sulfide) groups is 1. The minimum atomic E-state index is -0.292. The molecule has 2 aliphatic rings. The van der Waals surface area contributed by atoms with Crippen LogP contribution in [0.5, 0.6) is 11.5 Å². The quantitative estimate of drug-likeness (QED) is 0.264. The van der Waals surface area contributed by atoms with Crippen molar-refractivity contribution in [1.82, 2.24) is 20.1 Å². The largest absolute Gasteiger partial charge is 0.454 e. The van der Waals surface area contributed by atoms with Gasteiger partial charge >= 0.3 is 0 Å². The van der Waals surface area contributed by atoms with Crippen LogP contribution in [0.15, 0.2) is 97.2 Å². The third-order valence-corrected chi connectivity index (χ3v) is 8.86. The maximum absolute atomic E-state index is 14.0. The highest BCUT2D eigenvalue weighted by atomic mass is 32.2. The Morgan fingerprint density at radius 2 is 1.77 bits per heavy atom. The Labute approximate surface area is 258 Å². The van der Waals surface area contributed by atoms with Gasteiger partial charge in [0, 0.05) is 17.3 Å². The van der Waals surface area contributed by atoms with Crippen molar-refractivity contribution in [2.75, 3.05) is 24.0 Å². The van der Waals surface area contributed by atoms with Crippen molar-refractivity contribution in [3.05, 3.63) is 120 Å². The van der Waals surface area contributed by atoms with Gasteiger partial charge in [-0.3, -0.25) is 19.5 Å². The average Bonchev–Trinajstić information content (AvgIpc) is 3.66. The van der Waals surface area contributed by atoms with E-state index < -0.39 is 0 Å². The van der Waals surface area contributed by atoms with Crippen LogP contribution in [0.25, 0.3) is 16.9 Å². The van der Waals surface area contributed by atoms with Gasteiger partial charge in [0.15, 0.2) is 11.5 Å². The number of nitrogens with one attached hydrogen (secondary N) is 1. The van der Waals surface area contributed by atoms with Crippen LogP contribution in [0.1, 0.15) is 27.6 Å². The highest BCUT2D eigenvalue weighted by Gasteiger charge is 2.38. The van der Waals surface area contributed by atoms with Crippen molar-refractivity contribution in [3.8, 4) is 28.4 Å². The second kappa shape index (κ2) is 11.9. The van der Waals surface area contributed by atoms with Gasteiger partial charge in [-0.2, -0.15) is 5.10 Å². The van der Waals surface area contributed by atoms with Crippen molar-refractivity contribution >= 4 is 29.4 Å². The summed E-state index contributed by atoms with van der Waals surface area (Å²) in [5.41, 5.74) is 6.08. The number of carbonyl (C=O) groups excluding carboxylic acids is 2. The zero-order valence-corrected chi connectivity index (χ0v) is 24.8. The number of hydrogen-bond acceptors (Lipinski definition) is 7. The summed E-state index contributed by atoms with van der Waals surface area (Å²) in [5.74, 6) is 1.62. The Kier molecular flexibility index (Phi) is 7.49. The van der Waals surface area contributed by atoms with E-state index in [0.717, 1.165) is 39.3 Å². The molecule has 220 valence electrons. The maximum Gasteiger partial charge on any atom is 0.240 e. The Morgan fingerprint density at radius 1 is 0.977 bits per heavy atom. The number of rotatable bonds is 7. The van der Waals surface area contributed by atoms with Crippen LogP contribution in [-0.2, 0) is 16.1 Å². The number of anilines is 1. The van der Waals surface area contributed by atoms with Crippen LogP contribution < -0.4 is 19.7 Å². The number of aryl methyl sites for hydroxylation is 1. The molecule has 0 radical (unpaired) electrons. The first kappa shape index (κ1) is 27.7. The van der Waals surface area contributed by atoms with E-state index >= 15 is 0 Å². The van der Waals surface area contributed by atoms with Gasteiger partial charge in [-0.1, -0.05) is 60.2 Å². The van der Waals surface area contributed by atoms with Gasteiger partial charge in [0.1, 0.15) is 12.4 Å². The summed E-state index contributed by atoms with van der Waals surface area (Å²) >= 11 is 1.51. The fraction of sp³-hybridized carbons (Fsp3) is 0.176. The smallest absolute Gasteiger partial charge is 0.240 e. The van der Waals surface area contributed by atoms with E-state index in [4.69, 9.17) is 14.6 Å². The Hall–Kier alpha value is -5.09. The molecule has 0 aliphatic carbocycles. The molecule has 7 rings (SSSR count). The number of fused-ring (bicyclic) bond motifs is 2. The number of pyridine rings is 1. The number of benzene rings is 3. The van der Waals surface area contributed by atoms with E-state index in [2.05, 4.69) is 10.3 Å². The van der Waals surface area contributed by atoms with Gasteiger partial charge < -0.3 is 14.8 Å². The first-order valence-corrected chi connectivity index (χ1v) is 15.3. The second-order valence-electron chi connectivity index (χ2n) is 10.6. The SMILES string of the molecule is Cc1ccc(-n2nc(-c3ccccc3)c3c2N(CC(=O)NCc2ccccn2)C(=O)CS[C@@H]3c2ccc3c(c2)OCO3)cc1. The summed E-state index contributed by atoms with van der Waals surface area (Å²) in [5, 5.41) is 7.80. The van der Waals surface area contributed by atoms with Crippen LogP contribution in [0, 0.1) is 6.92 Å². The van der Waals surface area contributed by atoms with Crippen molar-refractivity contribution in [1.29, 1.82) is 0 Å². The van der Waals surface area contributed by atoms with E-state index in [0.29, 0.717) is 17.3 Å². The molecule has 44 heavy (non-hydrogen) atoms. The molecule has 0 saturated heterocycles. The summed E-state index contributed by atoms with van der Waals surface area (Å²) in [6.45, 7) is 2.29. The summed E-state index contributed by atoms with van der Waals surface area (Å²) in [7, 11) is 0. The molecule has 4 heterocycles. The first-order valence-electron chi connectivity index (χ1n) is 14.3. The lowest BCUT2D eigenvalue weighted by molar-refractivity contribution is -0.123. The molecule has 0 bridgehead atoms. The zero-order valence-electron chi connectivity index (χ0n) is 24.0. The van der Waals surface area contributed by atoms with E-state index in [1.54, 1.807) is 15.8 Å². The lowest BCUT2D eigenvalue weighted by Gasteiger charge is -2.23. The van der Waals surface area contributed by atoms with Crippen molar-refractivity contribution < 1.29 is 19.1 Å². The van der Waals surface area contributed by atoms with Crippen LogP contribution in [0.3, 0.4) is 0 Å². The number of ether oxygens (including phenoxy) is 2. The first-order chi connectivity index (χ1) is 21.5. The molecule has 10 heteroatoms. The number of hydrogen-bond donors (Lipinski definition) is 1. The Morgan fingerprint density at radius 3 is 2.57 bits per heavy atom. The number of nitrogens with zero attached hydrogens (tertiary/aromatic N) is 4. The maximum atomic E-state index is 14.0. The molecule has 2 amide bonds. The van der Waals surface area contributed by atoms with E-state index in [1.807, 2.05) is 97.9 Å². The molecule has 2 aliphatic heterocycles. The average molecular weight is 604 g/mol. The van der Waals surface area contributed by atoms with E-state index in [1.165, 1.54) is 11.8 Å². The minimum Gasteiger partial charge on any atom is -0.454 e. The zero-order chi connectivity index (χ0) is 30.0. The predicted octanol–water partition coefficient (Wildman–Crippen LogP) is 5.46. The summed E-state index contributed by atoms with van der Waals surface area (Å²) in [6, 6.07) is 29.4. The Bertz CT molecular complexity index is 1830. The molecule has 5 aromatic rings. The normalized spacial score (nSPS) is 15.5. The summed E-state index contributed by atoms with van der Waals surface area (Å²) in [6.07, 6.45) is 1.69. The number of amides is 2. The highest BCUT2D eigenvalue weighted by molar-refractivity contribution is 8.00. The fourth-order valence-corrected chi connectivity index (χ4v) is 6.61. The monoisotopic (exact) mass is 603 g/mol. The number of carbonyl (C=O) groups is 2. The lowest BCUT2D eigenvalue weighted by Crippen LogP contribution is -2.42.